The molecule has 1 aliphatic heterocycles. The fourth-order valence-corrected chi connectivity index (χ4v) is 3.52. The topological polar surface area (TPSA) is 67.9 Å². The number of amides is 2. The minimum Gasteiger partial charge on any atom is -0.494 e. The van der Waals surface area contributed by atoms with Crippen molar-refractivity contribution in [2.75, 3.05) is 18.1 Å². The Labute approximate surface area is 189 Å². The number of carbonyl (C=O) groups excluding carboxylic acids is 2. The van der Waals surface area contributed by atoms with E-state index in [1.165, 1.54) is 6.08 Å². The lowest BCUT2D eigenvalue weighted by Gasteiger charge is -2.29. The summed E-state index contributed by atoms with van der Waals surface area (Å²) >= 11 is 17.5. The quantitative estimate of drug-likeness (QED) is 0.383. The Morgan fingerprint density at radius 3 is 2.53 bits per heavy atom. The Morgan fingerprint density at radius 1 is 1.10 bits per heavy atom. The monoisotopic (exact) mass is 464 g/mol. The number of ether oxygens (including phenoxy) is 2. The summed E-state index contributed by atoms with van der Waals surface area (Å²) in [6.07, 6.45) is 1.45. The third kappa shape index (κ3) is 4.43. The Bertz CT molecular complexity index is 1060. The molecular formula is C21H18Cl2N2O4S. The maximum atomic E-state index is 13.2. The average molecular weight is 465 g/mol. The van der Waals surface area contributed by atoms with E-state index in [-0.39, 0.29) is 26.4 Å². The van der Waals surface area contributed by atoms with Gasteiger partial charge in [0.1, 0.15) is 17.1 Å². The van der Waals surface area contributed by atoms with Crippen molar-refractivity contribution in [1.82, 2.24) is 5.32 Å². The van der Waals surface area contributed by atoms with Gasteiger partial charge in [0.05, 0.1) is 28.9 Å². The molecule has 156 valence electrons. The highest BCUT2D eigenvalue weighted by Gasteiger charge is 2.36. The van der Waals surface area contributed by atoms with Crippen molar-refractivity contribution in [3.63, 3.8) is 0 Å². The third-order valence-corrected chi connectivity index (χ3v) is 5.26. The van der Waals surface area contributed by atoms with Crippen LogP contribution in [0, 0.1) is 0 Å². The van der Waals surface area contributed by atoms with Gasteiger partial charge in [-0.05, 0) is 56.4 Å². The summed E-state index contributed by atoms with van der Waals surface area (Å²) in [5.41, 5.74) is 0.704. The van der Waals surface area contributed by atoms with Gasteiger partial charge >= 0.3 is 0 Å². The molecule has 1 N–H and O–H groups in total. The largest absolute Gasteiger partial charge is 0.494 e. The second kappa shape index (κ2) is 9.47. The van der Waals surface area contributed by atoms with Crippen molar-refractivity contribution in [3.05, 3.63) is 57.6 Å². The van der Waals surface area contributed by atoms with Crippen LogP contribution in [-0.2, 0) is 9.59 Å². The summed E-state index contributed by atoms with van der Waals surface area (Å²) in [6.45, 7) is 4.61. The highest BCUT2D eigenvalue weighted by molar-refractivity contribution is 7.80. The van der Waals surface area contributed by atoms with Gasteiger partial charge in [0.2, 0.25) is 0 Å². The normalized spacial score (nSPS) is 15.4. The molecule has 9 heteroatoms. The van der Waals surface area contributed by atoms with Crippen LogP contribution in [0.15, 0.2) is 42.0 Å². The van der Waals surface area contributed by atoms with Crippen LogP contribution >= 0.6 is 35.4 Å². The number of hydrogen-bond acceptors (Lipinski definition) is 5. The number of anilines is 1. The zero-order valence-corrected chi connectivity index (χ0v) is 18.5. The molecular weight excluding hydrogens is 447 g/mol. The predicted molar refractivity (Wildman–Crippen MR) is 121 cm³/mol. The molecule has 2 aromatic rings. The van der Waals surface area contributed by atoms with Crippen LogP contribution in [0.5, 0.6) is 11.5 Å². The Kier molecular flexibility index (Phi) is 6.97. The van der Waals surface area contributed by atoms with Gasteiger partial charge in [-0.15, -0.1) is 0 Å². The zero-order valence-electron chi connectivity index (χ0n) is 16.2. The lowest BCUT2D eigenvalue weighted by molar-refractivity contribution is -0.122. The maximum absolute atomic E-state index is 13.2. The van der Waals surface area contributed by atoms with Crippen LogP contribution in [0.2, 0.25) is 10.0 Å². The lowest BCUT2D eigenvalue weighted by Crippen LogP contribution is -2.54. The predicted octanol–water partition coefficient (Wildman–Crippen LogP) is 4.62. The van der Waals surface area contributed by atoms with E-state index in [2.05, 4.69) is 5.32 Å². The molecule has 30 heavy (non-hydrogen) atoms. The van der Waals surface area contributed by atoms with Gasteiger partial charge in [-0.3, -0.25) is 19.8 Å². The van der Waals surface area contributed by atoms with Gasteiger partial charge in [-0.25, -0.2) is 0 Å². The number of nitrogens with zero attached hydrogens (tertiary/aromatic N) is 1. The lowest BCUT2D eigenvalue weighted by atomic mass is 10.1. The van der Waals surface area contributed by atoms with Crippen molar-refractivity contribution in [2.45, 2.75) is 13.8 Å². The number of halogens is 2. The fraction of sp³-hybridized carbons (Fsp3) is 0.190. The summed E-state index contributed by atoms with van der Waals surface area (Å²) in [5, 5.41) is 2.86. The standard InChI is InChI=1S/C21H18Cl2N2O4S/c1-3-28-13-9-8-12(17(11-13)29-4-2)10-14-19(26)24-21(30)25(20(14)27)16-7-5-6-15(22)18(16)23/h5-11H,3-4H2,1-2H3,(H,24,26,30)/b14-10+. The molecule has 0 atom stereocenters. The van der Waals surface area contributed by atoms with Crippen molar-refractivity contribution < 1.29 is 19.1 Å². The van der Waals surface area contributed by atoms with Crippen LogP contribution in [-0.4, -0.2) is 30.1 Å². The maximum Gasteiger partial charge on any atom is 0.270 e. The van der Waals surface area contributed by atoms with Gasteiger partial charge < -0.3 is 9.47 Å². The van der Waals surface area contributed by atoms with Crippen LogP contribution < -0.4 is 19.7 Å². The molecule has 2 aromatic carbocycles. The van der Waals surface area contributed by atoms with E-state index >= 15 is 0 Å². The van der Waals surface area contributed by atoms with Gasteiger partial charge in [0, 0.05) is 11.6 Å². The Balaban J connectivity index is 2.06. The molecule has 1 aliphatic rings. The number of rotatable bonds is 6. The first-order chi connectivity index (χ1) is 14.4. The molecule has 1 saturated heterocycles. The van der Waals surface area contributed by atoms with Crippen LogP contribution in [0.25, 0.3) is 6.08 Å². The summed E-state index contributed by atoms with van der Waals surface area (Å²) in [4.78, 5) is 26.9. The van der Waals surface area contributed by atoms with Gasteiger partial charge in [-0.1, -0.05) is 29.3 Å². The van der Waals surface area contributed by atoms with E-state index in [4.69, 9.17) is 44.9 Å². The zero-order chi connectivity index (χ0) is 21.8. The molecule has 0 unspecified atom stereocenters. The highest BCUT2D eigenvalue weighted by Crippen LogP contribution is 2.35. The highest BCUT2D eigenvalue weighted by atomic mass is 35.5. The van der Waals surface area contributed by atoms with Crippen molar-refractivity contribution >= 4 is 64.1 Å². The van der Waals surface area contributed by atoms with E-state index < -0.39 is 11.8 Å². The molecule has 1 fully saturated rings. The number of benzene rings is 2. The van der Waals surface area contributed by atoms with Crippen LogP contribution in [0.3, 0.4) is 0 Å². The molecule has 0 aromatic heterocycles. The van der Waals surface area contributed by atoms with Crippen molar-refractivity contribution in [1.29, 1.82) is 0 Å². The smallest absolute Gasteiger partial charge is 0.270 e. The average Bonchev–Trinajstić information content (AvgIpc) is 2.70. The van der Waals surface area contributed by atoms with E-state index in [0.717, 1.165) is 4.90 Å². The molecule has 0 spiro atoms. The molecule has 2 amide bonds. The van der Waals surface area contributed by atoms with Gasteiger partial charge in [0.15, 0.2) is 5.11 Å². The number of hydrogen-bond donors (Lipinski definition) is 1. The molecule has 0 bridgehead atoms. The summed E-state index contributed by atoms with van der Waals surface area (Å²) in [5.74, 6) is -0.131. The number of nitrogens with one attached hydrogen (secondary N) is 1. The second-order valence-corrected chi connectivity index (χ2v) is 7.27. The first-order valence-corrected chi connectivity index (χ1v) is 10.3. The Morgan fingerprint density at radius 2 is 1.83 bits per heavy atom. The van der Waals surface area contributed by atoms with Gasteiger partial charge in [-0.2, -0.15) is 0 Å². The summed E-state index contributed by atoms with van der Waals surface area (Å²) in [7, 11) is 0. The van der Waals surface area contributed by atoms with Crippen molar-refractivity contribution in [2.24, 2.45) is 0 Å². The molecule has 0 saturated carbocycles. The molecule has 1 heterocycles. The third-order valence-electron chi connectivity index (χ3n) is 4.17. The summed E-state index contributed by atoms with van der Waals surface area (Å²) < 4.78 is 11.2. The molecule has 0 radical (unpaired) electrons. The van der Waals surface area contributed by atoms with E-state index in [9.17, 15) is 9.59 Å². The minimum absolute atomic E-state index is 0.0805. The number of carbonyl (C=O) groups is 2. The second-order valence-electron chi connectivity index (χ2n) is 6.10. The van der Waals surface area contributed by atoms with Crippen LogP contribution in [0.1, 0.15) is 19.4 Å². The fourth-order valence-electron chi connectivity index (χ4n) is 2.87. The first kappa shape index (κ1) is 22.1. The summed E-state index contributed by atoms with van der Waals surface area (Å²) in [6, 6.07) is 9.98. The van der Waals surface area contributed by atoms with Gasteiger partial charge in [0.25, 0.3) is 11.8 Å². The molecule has 6 nitrogen and oxygen atoms in total. The Hall–Kier alpha value is -2.61. The SMILES string of the molecule is CCOc1ccc(/C=C2\C(=O)NC(=S)N(c3cccc(Cl)c3Cl)C2=O)c(OCC)c1. The molecule has 3 rings (SSSR count). The molecule has 0 aliphatic carbocycles. The minimum atomic E-state index is -0.621. The van der Waals surface area contributed by atoms with E-state index in [1.807, 2.05) is 13.8 Å². The van der Waals surface area contributed by atoms with Crippen LogP contribution in [0.4, 0.5) is 5.69 Å². The number of thiocarbonyl (C=S) groups is 1. The first-order valence-electron chi connectivity index (χ1n) is 9.12. The van der Waals surface area contributed by atoms with E-state index in [1.54, 1.807) is 36.4 Å². The van der Waals surface area contributed by atoms with E-state index in [0.29, 0.717) is 30.3 Å². The van der Waals surface area contributed by atoms with Crippen molar-refractivity contribution in [3.8, 4) is 11.5 Å².